The molecule has 1 heterocycles. The fraction of sp³-hybridized carbons (Fsp3) is 0.222. The Balaban J connectivity index is 1.46. The first-order chi connectivity index (χ1) is 18.2. The van der Waals surface area contributed by atoms with Crippen molar-refractivity contribution in [2.45, 2.75) is 11.8 Å². The average molecular weight is 600 g/mol. The number of nitrogens with zero attached hydrogens (tertiary/aromatic N) is 2. The summed E-state index contributed by atoms with van der Waals surface area (Å²) < 4.78 is 33.2. The smallest absolute Gasteiger partial charge is 0.409 e. The van der Waals surface area contributed by atoms with Crippen molar-refractivity contribution < 1.29 is 27.5 Å². The van der Waals surface area contributed by atoms with Crippen molar-refractivity contribution in [1.82, 2.24) is 9.21 Å². The second kappa shape index (κ2) is 11.9. The highest BCUT2D eigenvalue weighted by Gasteiger charge is 2.30. The Morgan fingerprint density at radius 1 is 0.895 bits per heavy atom. The molecule has 1 fully saturated rings. The molecule has 198 valence electrons. The molecule has 0 aliphatic carbocycles. The van der Waals surface area contributed by atoms with Gasteiger partial charge in [-0.05, 0) is 49.4 Å². The number of rotatable bonds is 7. The van der Waals surface area contributed by atoms with Gasteiger partial charge in [-0.2, -0.15) is 4.31 Å². The van der Waals surface area contributed by atoms with E-state index < -0.39 is 22.0 Å². The largest absolute Gasteiger partial charge is 0.450 e. The van der Waals surface area contributed by atoms with E-state index in [9.17, 15) is 22.8 Å². The van der Waals surface area contributed by atoms with Gasteiger partial charge in [0.25, 0.3) is 5.91 Å². The van der Waals surface area contributed by atoms with Crippen LogP contribution in [0.1, 0.15) is 33.2 Å². The maximum atomic E-state index is 13.1. The summed E-state index contributed by atoms with van der Waals surface area (Å²) in [4.78, 5) is 39.4. The van der Waals surface area contributed by atoms with Crippen LogP contribution in [0.4, 0.5) is 10.5 Å². The van der Waals surface area contributed by atoms with Crippen molar-refractivity contribution in [3.63, 3.8) is 0 Å². The van der Waals surface area contributed by atoms with Crippen LogP contribution < -0.4 is 5.32 Å². The molecule has 3 aromatic rings. The monoisotopic (exact) mass is 599 g/mol. The van der Waals surface area contributed by atoms with E-state index in [4.69, 9.17) is 4.74 Å². The number of piperazine rings is 1. The number of amides is 2. The number of hydrogen-bond donors (Lipinski definition) is 1. The maximum Gasteiger partial charge on any atom is 0.409 e. The lowest BCUT2D eigenvalue weighted by Gasteiger charge is -2.33. The molecule has 1 saturated heterocycles. The number of ether oxygens (including phenoxy) is 1. The summed E-state index contributed by atoms with van der Waals surface area (Å²) in [5.74, 6) is -0.729. The Morgan fingerprint density at radius 3 is 2.18 bits per heavy atom. The van der Waals surface area contributed by atoms with E-state index in [2.05, 4.69) is 21.2 Å². The lowest BCUT2D eigenvalue weighted by atomic mass is 10.0. The number of anilines is 1. The molecule has 1 aliphatic heterocycles. The van der Waals surface area contributed by atoms with Crippen LogP contribution in [0.3, 0.4) is 0 Å². The third-order valence-corrected chi connectivity index (χ3v) is 8.44. The molecule has 0 saturated carbocycles. The Morgan fingerprint density at radius 2 is 1.55 bits per heavy atom. The van der Waals surface area contributed by atoms with Crippen molar-refractivity contribution in [1.29, 1.82) is 0 Å². The van der Waals surface area contributed by atoms with Crippen LogP contribution in [0.5, 0.6) is 0 Å². The van der Waals surface area contributed by atoms with Crippen LogP contribution in [0, 0.1) is 0 Å². The van der Waals surface area contributed by atoms with Gasteiger partial charge < -0.3 is 15.0 Å². The van der Waals surface area contributed by atoms with Gasteiger partial charge in [0, 0.05) is 47.3 Å². The van der Waals surface area contributed by atoms with Crippen LogP contribution in [0.25, 0.3) is 0 Å². The predicted octanol–water partition coefficient (Wildman–Crippen LogP) is 4.40. The first-order valence-corrected chi connectivity index (χ1v) is 14.2. The molecule has 1 aliphatic rings. The summed E-state index contributed by atoms with van der Waals surface area (Å²) in [5, 5.41) is 2.76. The molecule has 2 amide bonds. The molecular weight excluding hydrogens is 574 g/mol. The number of sulfonamides is 1. The van der Waals surface area contributed by atoms with Crippen molar-refractivity contribution in [3.05, 3.63) is 94.0 Å². The fourth-order valence-electron chi connectivity index (χ4n) is 4.01. The zero-order valence-corrected chi connectivity index (χ0v) is 23.0. The Kier molecular flexibility index (Phi) is 8.60. The lowest BCUT2D eigenvalue weighted by Crippen LogP contribution is -2.50. The fourth-order valence-corrected chi connectivity index (χ4v) is 5.79. The zero-order valence-electron chi connectivity index (χ0n) is 20.6. The first kappa shape index (κ1) is 27.5. The summed E-state index contributed by atoms with van der Waals surface area (Å²) in [6.07, 6.45) is -0.459. The number of halogens is 1. The minimum absolute atomic E-state index is 0.0437. The number of hydrogen-bond acceptors (Lipinski definition) is 6. The number of ketones is 1. The number of nitrogens with one attached hydrogen (secondary N) is 1. The molecule has 11 heteroatoms. The predicted molar refractivity (Wildman–Crippen MR) is 146 cm³/mol. The highest BCUT2D eigenvalue weighted by Crippen LogP contribution is 2.25. The zero-order chi connectivity index (χ0) is 27.3. The van der Waals surface area contributed by atoms with Gasteiger partial charge in [-0.15, -0.1) is 0 Å². The van der Waals surface area contributed by atoms with Gasteiger partial charge >= 0.3 is 6.09 Å². The molecule has 9 nitrogen and oxygen atoms in total. The first-order valence-electron chi connectivity index (χ1n) is 11.9. The number of carbonyl (C=O) groups is 3. The second-order valence-electron chi connectivity index (χ2n) is 8.45. The number of benzene rings is 3. The van der Waals surface area contributed by atoms with E-state index in [1.807, 2.05) is 6.07 Å². The third kappa shape index (κ3) is 6.12. The van der Waals surface area contributed by atoms with Crippen LogP contribution in [0.2, 0.25) is 0 Å². The minimum Gasteiger partial charge on any atom is -0.450 e. The Hall–Kier alpha value is -3.54. The summed E-state index contributed by atoms with van der Waals surface area (Å²) in [6.45, 7) is 2.72. The topological polar surface area (TPSA) is 113 Å². The van der Waals surface area contributed by atoms with E-state index in [0.717, 1.165) is 0 Å². The molecule has 38 heavy (non-hydrogen) atoms. The maximum absolute atomic E-state index is 13.1. The summed E-state index contributed by atoms with van der Waals surface area (Å²) in [6, 6.07) is 19.3. The minimum atomic E-state index is -3.81. The van der Waals surface area contributed by atoms with Gasteiger partial charge in [0.1, 0.15) is 0 Å². The van der Waals surface area contributed by atoms with Crippen LogP contribution in [0.15, 0.2) is 82.2 Å². The molecule has 0 spiro atoms. The van der Waals surface area contributed by atoms with E-state index in [1.54, 1.807) is 49.4 Å². The normalized spacial score (nSPS) is 14.1. The Labute approximate surface area is 229 Å². The van der Waals surface area contributed by atoms with Crippen LogP contribution in [-0.4, -0.2) is 68.2 Å². The van der Waals surface area contributed by atoms with Gasteiger partial charge in [0.15, 0.2) is 5.78 Å². The molecule has 3 aromatic carbocycles. The van der Waals surface area contributed by atoms with Crippen LogP contribution >= 0.6 is 15.9 Å². The highest BCUT2D eigenvalue weighted by molar-refractivity contribution is 9.10. The molecule has 0 aromatic heterocycles. The van der Waals surface area contributed by atoms with Crippen molar-refractivity contribution in [2.24, 2.45) is 0 Å². The highest BCUT2D eigenvalue weighted by atomic mass is 79.9. The average Bonchev–Trinajstić information content (AvgIpc) is 2.94. The van der Waals surface area contributed by atoms with E-state index in [-0.39, 0.29) is 49.0 Å². The summed E-state index contributed by atoms with van der Waals surface area (Å²) in [7, 11) is -3.81. The molecule has 0 unspecified atom stereocenters. The summed E-state index contributed by atoms with van der Waals surface area (Å²) >= 11 is 3.37. The molecule has 4 rings (SSSR count). The third-order valence-electron chi connectivity index (χ3n) is 6.03. The van der Waals surface area contributed by atoms with Gasteiger partial charge in [-0.1, -0.05) is 46.3 Å². The van der Waals surface area contributed by atoms with Crippen LogP contribution in [-0.2, 0) is 14.8 Å². The van der Waals surface area contributed by atoms with E-state index >= 15 is 0 Å². The number of carbonyl (C=O) groups excluding carboxylic acids is 3. The van der Waals surface area contributed by atoms with E-state index in [0.29, 0.717) is 21.3 Å². The van der Waals surface area contributed by atoms with Crippen molar-refractivity contribution in [2.75, 3.05) is 38.1 Å². The van der Waals surface area contributed by atoms with Gasteiger partial charge in [-0.3, -0.25) is 9.59 Å². The van der Waals surface area contributed by atoms with Gasteiger partial charge in [-0.25, -0.2) is 13.2 Å². The molecule has 0 bridgehead atoms. The quantitative estimate of drug-likeness (QED) is 0.403. The lowest BCUT2D eigenvalue weighted by molar-refractivity contribution is 0.0933. The molecular formula is C27H26BrN3O6S. The molecule has 0 atom stereocenters. The van der Waals surface area contributed by atoms with Gasteiger partial charge in [0.2, 0.25) is 10.0 Å². The van der Waals surface area contributed by atoms with Crippen molar-refractivity contribution >= 4 is 49.4 Å². The SMILES string of the molecule is CCOC(=O)N1CCN(S(=O)(=O)c2ccc(C(=O)Nc3ccc(Br)cc3C(=O)c3ccccc3)cc2)CC1. The van der Waals surface area contributed by atoms with Gasteiger partial charge in [0.05, 0.1) is 17.2 Å². The Bertz CT molecular complexity index is 1440. The summed E-state index contributed by atoms with van der Waals surface area (Å²) in [5.41, 5.74) is 1.37. The second-order valence-corrected chi connectivity index (χ2v) is 11.3. The van der Waals surface area contributed by atoms with Crippen molar-refractivity contribution in [3.8, 4) is 0 Å². The molecule has 0 radical (unpaired) electrons. The standard InChI is InChI=1S/C27H26BrN3O6S/c1-2-37-27(34)30-14-16-31(17-15-30)38(35,36)22-11-8-20(9-12-22)26(33)29-24-13-10-21(28)18-23(24)25(32)19-6-4-3-5-7-19/h3-13,18H,2,14-17H2,1H3,(H,29,33). The van der Waals surface area contributed by atoms with E-state index in [1.165, 1.54) is 33.5 Å². The molecule has 1 N–H and O–H groups in total.